The van der Waals surface area contributed by atoms with E-state index in [-0.39, 0.29) is 0 Å². The number of rotatable bonds is 5. The number of aromatic nitrogens is 2. The van der Waals surface area contributed by atoms with Crippen molar-refractivity contribution in [3.63, 3.8) is 0 Å². The van der Waals surface area contributed by atoms with Gasteiger partial charge in [-0.3, -0.25) is 0 Å². The summed E-state index contributed by atoms with van der Waals surface area (Å²) in [6.45, 7) is 3.35. The molecular formula is C21H21F2N5O. The molecule has 0 unspecified atom stereocenters. The lowest BCUT2D eigenvalue weighted by atomic mass is 10.2. The first-order chi connectivity index (χ1) is 14.1. The lowest BCUT2D eigenvalue weighted by molar-refractivity contribution is 0.415. The minimum Gasteiger partial charge on any atom is -0.497 e. The van der Waals surface area contributed by atoms with Gasteiger partial charge in [-0.1, -0.05) is 0 Å². The minimum absolute atomic E-state index is 0.429. The fourth-order valence-corrected chi connectivity index (χ4v) is 3.30. The van der Waals surface area contributed by atoms with Crippen LogP contribution < -0.4 is 19.9 Å². The fourth-order valence-electron chi connectivity index (χ4n) is 3.30. The summed E-state index contributed by atoms with van der Waals surface area (Å²) in [5, 5.41) is 2.99. The highest BCUT2D eigenvalue weighted by Gasteiger charge is 2.19. The Balaban J connectivity index is 1.40. The number of methoxy groups -OCH3 is 1. The van der Waals surface area contributed by atoms with Gasteiger partial charge < -0.3 is 19.9 Å². The summed E-state index contributed by atoms with van der Waals surface area (Å²) in [5.41, 5.74) is 1.59. The second-order valence-electron chi connectivity index (χ2n) is 6.69. The van der Waals surface area contributed by atoms with Crippen molar-refractivity contribution in [1.82, 2.24) is 9.97 Å². The third-order valence-corrected chi connectivity index (χ3v) is 4.89. The maximum atomic E-state index is 13.4. The van der Waals surface area contributed by atoms with Crippen molar-refractivity contribution >= 4 is 23.0 Å². The summed E-state index contributed by atoms with van der Waals surface area (Å²) in [4.78, 5) is 13.0. The van der Waals surface area contributed by atoms with Crippen molar-refractivity contribution < 1.29 is 13.5 Å². The van der Waals surface area contributed by atoms with Crippen LogP contribution >= 0.6 is 0 Å². The average molecular weight is 397 g/mol. The molecular weight excluding hydrogens is 376 g/mol. The Morgan fingerprint density at radius 1 is 0.862 bits per heavy atom. The molecule has 3 aromatic rings. The first-order valence-corrected chi connectivity index (χ1v) is 9.30. The van der Waals surface area contributed by atoms with Gasteiger partial charge in [-0.25, -0.2) is 18.7 Å². The van der Waals surface area contributed by atoms with E-state index in [1.807, 2.05) is 18.2 Å². The van der Waals surface area contributed by atoms with Crippen LogP contribution in [-0.4, -0.2) is 43.3 Å². The molecule has 0 atom stereocenters. The summed E-state index contributed by atoms with van der Waals surface area (Å²) in [6, 6.07) is 13.5. The van der Waals surface area contributed by atoms with Crippen molar-refractivity contribution in [3.8, 4) is 5.75 Å². The SMILES string of the molecule is COc1ccc(N2CCN(c3cc(Nc4ccc(F)c(F)c4)ncn3)CC2)cc1. The molecule has 0 saturated carbocycles. The van der Waals surface area contributed by atoms with Crippen LogP contribution in [0.3, 0.4) is 0 Å². The van der Waals surface area contributed by atoms with Crippen LogP contribution in [-0.2, 0) is 0 Å². The third kappa shape index (κ3) is 4.37. The molecule has 0 aliphatic carbocycles. The summed E-state index contributed by atoms with van der Waals surface area (Å²) in [7, 11) is 1.66. The fraction of sp³-hybridized carbons (Fsp3) is 0.238. The Morgan fingerprint density at radius 2 is 1.59 bits per heavy atom. The minimum atomic E-state index is -0.904. The van der Waals surface area contributed by atoms with Gasteiger partial charge in [-0.2, -0.15) is 0 Å². The number of hydrogen-bond acceptors (Lipinski definition) is 6. The molecule has 1 N–H and O–H groups in total. The molecule has 1 aliphatic rings. The lowest BCUT2D eigenvalue weighted by Gasteiger charge is -2.36. The molecule has 0 bridgehead atoms. The van der Waals surface area contributed by atoms with Crippen LogP contribution in [0, 0.1) is 11.6 Å². The molecule has 1 fully saturated rings. The molecule has 0 spiro atoms. The number of piperazine rings is 1. The van der Waals surface area contributed by atoms with Gasteiger partial charge in [0.15, 0.2) is 11.6 Å². The van der Waals surface area contributed by atoms with E-state index in [1.165, 1.54) is 12.4 Å². The standard InChI is InChI=1S/C21H21F2N5O/c1-29-17-5-3-16(4-6-17)27-8-10-28(11-9-27)21-13-20(24-14-25-21)26-15-2-7-18(22)19(23)12-15/h2-7,12-14H,8-11H2,1H3,(H,24,25,26). The number of ether oxygens (including phenoxy) is 1. The molecule has 0 amide bonds. The molecule has 4 rings (SSSR count). The molecule has 29 heavy (non-hydrogen) atoms. The lowest BCUT2D eigenvalue weighted by Crippen LogP contribution is -2.46. The Labute approximate surface area is 167 Å². The molecule has 2 heterocycles. The van der Waals surface area contributed by atoms with Gasteiger partial charge in [0.05, 0.1) is 7.11 Å². The van der Waals surface area contributed by atoms with E-state index in [2.05, 4.69) is 37.2 Å². The Morgan fingerprint density at radius 3 is 2.28 bits per heavy atom. The van der Waals surface area contributed by atoms with E-state index in [1.54, 1.807) is 7.11 Å². The number of nitrogens with one attached hydrogen (secondary N) is 1. The second-order valence-corrected chi connectivity index (χ2v) is 6.69. The van der Waals surface area contributed by atoms with E-state index in [9.17, 15) is 8.78 Å². The van der Waals surface area contributed by atoms with Crippen molar-refractivity contribution in [2.24, 2.45) is 0 Å². The quantitative estimate of drug-likeness (QED) is 0.706. The molecule has 6 nitrogen and oxygen atoms in total. The molecule has 2 aromatic carbocycles. The molecule has 1 aromatic heterocycles. The number of anilines is 4. The van der Waals surface area contributed by atoms with Gasteiger partial charge >= 0.3 is 0 Å². The van der Waals surface area contributed by atoms with E-state index < -0.39 is 11.6 Å². The van der Waals surface area contributed by atoms with Crippen LogP contribution in [0.4, 0.5) is 31.8 Å². The molecule has 150 valence electrons. The number of benzene rings is 2. The molecule has 8 heteroatoms. The van der Waals surface area contributed by atoms with Gasteiger partial charge in [0.2, 0.25) is 0 Å². The van der Waals surface area contributed by atoms with Crippen molar-refractivity contribution in [1.29, 1.82) is 0 Å². The Bertz CT molecular complexity index is 975. The largest absolute Gasteiger partial charge is 0.497 e. The predicted octanol–water partition coefficient (Wildman–Crippen LogP) is 3.83. The Hall–Kier alpha value is -3.42. The van der Waals surface area contributed by atoms with Crippen molar-refractivity contribution in [3.05, 3.63) is 66.5 Å². The maximum absolute atomic E-state index is 13.4. The van der Waals surface area contributed by atoms with Crippen LogP contribution in [0.5, 0.6) is 5.75 Å². The second kappa shape index (κ2) is 8.30. The van der Waals surface area contributed by atoms with E-state index in [0.717, 1.165) is 55.6 Å². The van der Waals surface area contributed by atoms with Gasteiger partial charge in [0, 0.05) is 49.7 Å². The predicted molar refractivity (Wildman–Crippen MR) is 109 cm³/mol. The van der Waals surface area contributed by atoms with Gasteiger partial charge in [-0.15, -0.1) is 0 Å². The maximum Gasteiger partial charge on any atom is 0.160 e. The topological polar surface area (TPSA) is 53.5 Å². The normalized spacial score (nSPS) is 14.0. The van der Waals surface area contributed by atoms with E-state index in [0.29, 0.717) is 11.5 Å². The zero-order valence-corrected chi connectivity index (χ0v) is 16.0. The Kier molecular flexibility index (Phi) is 5.41. The molecule has 0 radical (unpaired) electrons. The first-order valence-electron chi connectivity index (χ1n) is 9.30. The number of halogens is 2. The van der Waals surface area contributed by atoms with E-state index >= 15 is 0 Å². The van der Waals surface area contributed by atoms with Gasteiger partial charge in [0.25, 0.3) is 0 Å². The number of hydrogen-bond donors (Lipinski definition) is 1. The highest BCUT2D eigenvalue weighted by atomic mass is 19.2. The van der Waals surface area contributed by atoms with Crippen LogP contribution in [0.25, 0.3) is 0 Å². The first kappa shape index (κ1) is 18.9. The monoisotopic (exact) mass is 397 g/mol. The van der Waals surface area contributed by atoms with E-state index in [4.69, 9.17) is 4.74 Å². The van der Waals surface area contributed by atoms with Crippen LogP contribution in [0.15, 0.2) is 54.9 Å². The third-order valence-electron chi connectivity index (χ3n) is 4.89. The smallest absolute Gasteiger partial charge is 0.160 e. The zero-order chi connectivity index (χ0) is 20.2. The van der Waals surface area contributed by atoms with Gasteiger partial charge in [0.1, 0.15) is 23.7 Å². The molecule has 1 saturated heterocycles. The zero-order valence-electron chi connectivity index (χ0n) is 16.0. The summed E-state index contributed by atoms with van der Waals surface area (Å²) in [6.07, 6.45) is 1.47. The highest BCUT2D eigenvalue weighted by Crippen LogP contribution is 2.24. The average Bonchev–Trinajstić information content (AvgIpc) is 2.77. The summed E-state index contributed by atoms with van der Waals surface area (Å²) in [5.74, 6) is 0.375. The number of nitrogens with zero attached hydrogens (tertiary/aromatic N) is 4. The van der Waals surface area contributed by atoms with Crippen LogP contribution in [0.2, 0.25) is 0 Å². The molecule has 1 aliphatic heterocycles. The highest BCUT2D eigenvalue weighted by molar-refractivity contribution is 5.60. The summed E-state index contributed by atoms with van der Waals surface area (Å²) < 4.78 is 31.7. The summed E-state index contributed by atoms with van der Waals surface area (Å²) >= 11 is 0. The van der Waals surface area contributed by atoms with Gasteiger partial charge in [-0.05, 0) is 36.4 Å². The van der Waals surface area contributed by atoms with Crippen molar-refractivity contribution in [2.75, 3.05) is 48.4 Å². The van der Waals surface area contributed by atoms with Crippen LogP contribution in [0.1, 0.15) is 0 Å². The van der Waals surface area contributed by atoms with Crippen molar-refractivity contribution in [2.45, 2.75) is 0 Å².